The molecule has 23 heavy (non-hydrogen) atoms. The molecule has 2 aromatic rings. The summed E-state index contributed by atoms with van der Waals surface area (Å²) in [4.78, 5) is 23.7. The first-order valence-electron chi connectivity index (χ1n) is 8.02. The molecule has 0 radical (unpaired) electrons. The van der Waals surface area contributed by atoms with Crippen LogP contribution in [0.5, 0.6) is 0 Å². The van der Waals surface area contributed by atoms with Gasteiger partial charge in [-0.25, -0.2) is 0 Å². The fourth-order valence-electron chi connectivity index (χ4n) is 3.05. The third-order valence-electron chi connectivity index (χ3n) is 4.15. The maximum Gasteiger partial charge on any atom is 0.228 e. The molecule has 0 saturated carbocycles. The summed E-state index contributed by atoms with van der Waals surface area (Å²) in [6.07, 6.45) is 5.27. The predicted molar refractivity (Wildman–Crippen MR) is 87.5 cm³/mol. The second-order valence-electron chi connectivity index (χ2n) is 7.13. The summed E-state index contributed by atoms with van der Waals surface area (Å²) in [5, 5.41) is 7.25. The second-order valence-corrected chi connectivity index (χ2v) is 7.13. The zero-order valence-electron chi connectivity index (χ0n) is 14.1. The first-order valence-corrected chi connectivity index (χ1v) is 8.02. The van der Waals surface area contributed by atoms with Gasteiger partial charge < -0.3 is 4.90 Å². The maximum atomic E-state index is 12.8. The molecule has 122 valence electrons. The van der Waals surface area contributed by atoms with Gasteiger partial charge in [-0.2, -0.15) is 5.10 Å². The number of H-pyrrole nitrogens is 1. The van der Waals surface area contributed by atoms with E-state index in [2.05, 4.69) is 20.2 Å². The summed E-state index contributed by atoms with van der Waals surface area (Å²) in [5.74, 6) is 0.162. The Kier molecular flexibility index (Phi) is 3.92. The summed E-state index contributed by atoms with van der Waals surface area (Å²) in [6, 6.07) is 1.93. The van der Waals surface area contributed by atoms with Crippen molar-refractivity contribution in [3.8, 4) is 11.4 Å². The van der Waals surface area contributed by atoms with Gasteiger partial charge in [0, 0.05) is 30.0 Å². The molecule has 2 aromatic heterocycles. The van der Waals surface area contributed by atoms with Crippen molar-refractivity contribution in [2.75, 3.05) is 6.54 Å². The van der Waals surface area contributed by atoms with Gasteiger partial charge in [0.1, 0.15) is 11.4 Å². The lowest BCUT2D eigenvalue weighted by Crippen LogP contribution is -2.39. The van der Waals surface area contributed by atoms with Gasteiger partial charge in [-0.1, -0.05) is 20.8 Å². The number of amides is 1. The van der Waals surface area contributed by atoms with Crippen molar-refractivity contribution in [3.63, 3.8) is 0 Å². The van der Waals surface area contributed by atoms with E-state index in [9.17, 15) is 4.79 Å². The molecule has 0 bridgehead atoms. The van der Waals surface area contributed by atoms with Gasteiger partial charge in [0.25, 0.3) is 0 Å². The van der Waals surface area contributed by atoms with Crippen LogP contribution in [-0.2, 0) is 4.79 Å². The number of likely N-dealkylation sites (tertiary alicyclic amines) is 1. The standard InChI is InChI=1S/C17H23N5O/c1-11-10-12(21-20-11)14-15(19-8-7-18-14)13-6-5-9-22(13)16(23)17(2,3)4/h7-8,10,13H,5-6,9H2,1-4H3,(H,20,21)/t13-/m0/s1. The topological polar surface area (TPSA) is 74.8 Å². The van der Waals surface area contributed by atoms with Crippen LogP contribution in [0.1, 0.15) is 51.0 Å². The van der Waals surface area contributed by atoms with Crippen molar-refractivity contribution in [2.45, 2.75) is 46.6 Å². The van der Waals surface area contributed by atoms with Crippen molar-refractivity contribution in [1.29, 1.82) is 0 Å². The van der Waals surface area contributed by atoms with Gasteiger partial charge in [0.05, 0.1) is 11.7 Å². The van der Waals surface area contributed by atoms with Crippen LogP contribution >= 0.6 is 0 Å². The van der Waals surface area contributed by atoms with Gasteiger partial charge in [0.2, 0.25) is 5.91 Å². The molecule has 0 aromatic carbocycles. The van der Waals surface area contributed by atoms with E-state index >= 15 is 0 Å². The molecule has 1 fully saturated rings. The lowest BCUT2D eigenvalue weighted by Gasteiger charge is -2.31. The van der Waals surface area contributed by atoms with Crippen molar-refractivity contribution >= 4 is 5.91 Å². The number of nitrogens with one attached hydrogen (secondary N) is 1. The molecule has 6 nitrogen and oxygen atoms in total. The summed E-state index contributed by atoms with van der Waals surface area (Å²) in [7, 11) is 0. The number of carbonyl (C=O) groups is 1. The minimum Gasteiger partial charge on any atom is -0.334 e. The Morgan fingerprint density at radius 2 is 2.04 bits per heavy atom. The van der Waals surface area contributed by atoms with Crippen LogP contribution in [-0.4, -0.2) is 37.5 Å². The number of aromatic nitrogens is 4. The van der Waals surface area contributed by atoms with Gasteiger partial charge >= 0.3 is 0 Å². The molecular weight excluding hydrogens is 290 g/mol. The van der Waals surface area contributed by atoms with Gasteiger partial charge in [-0.15, -0.1) is 0 Å². The Bertz CT molecular complexity index is 716. The van der Waals surface area contributed by atoms with Gasteiger partial charge in [0.15, 0.2) is 0 Å². The molecule has 1 N–H and O–H groups in total. The van der Waals surface area contributed by atoms with E-state index in [0.717, 1.165) is 42.2 Å². The number of hydrogen-bond acceptors (Lipinski definition) is 4. The molecule has 0 unspecified atom stereocenters. The zero-order valence-corrected chi connectivity index (χ0v) is 14.1. The monoisotopic (exact) mass is 313 g/mol. The lowest BCUT2D eigenvalue weighted by molar-refractivity contribution is -0.140. The fourth-order valence-corrected chi connectivity index (χ4v) is 3.05. The van der Waals surface area contributed by atoms with Crippen molar-refractivity contribution in [2.24, 2.45) is 5.41 Å². The number of nitrogens with zero attached hydrogens (tertiary/aromatic N) is 4. The Morgan fingerprint density at radius 1 is 1.30 bits per heavy atom. The molecule has 1 atom stereocenters. The summed E-state index contributed by atoms with van der Waals surface area (Å²) >= 11 is 0. The molecule has 0 aliphatic carbocycles. The summed E-state index contributed by atoms with van der Waals surface area (Å²) < 4.78 is 0. The highest BCUT2D eigenvalue weighted by molar-refractivity contribution is 5.82. The number of rotatable bonds is 2. The van der Waals surface area contributed by atoms with E-state index in [4.69, 9.17) is 0 Å². The predicted octanol–water partition coefficient (Wildman–Crippen LogP) is 2.88. The zero-order chi connectivity index (χ0) is 16.6. The normalized spacial score (nSPS) is 18.4. The molecule has 1 amide bonds. The molecular formula is C17H23N5O. The Morgan fingerprint density at radius 3 is 2.70 bits per heavy atom. The van der Waals surface area contributed by atoms with E-state index in [1.807, 2.05) is 38.7 Å². The van der Waals surface area contributed by atoms with E-state index in [1.165, 1.54) is 0 Å². The maximum absolute atomic E-state index is 12.8. The van der Waals surface area contributed by atoms with Gasteiger partial charge in [-0.05, 0) is 25.8 Å². The van der Waals surface area contributed by atoms with E-state index in [0.29, 0.717) is 0 Å². The van der Waals surface area contributed by atoms with E-state index in [-0.39, 0.29) is 11.9 Å². The van der Waals surface area contributed by atoms with Crippen LogP contribution in [0, 0.1) is 12.3 Å². The van der Waals surface area contributed by atoms with E-state index < -0.39 is 5.41 Å². The molecule has 6 heteroatoms. The molecule has 3 rings (SSSR count). The molecule has 1 saturated heterocycles. The van der Waals surface area contributed by atoms with Crippen LogP contribution in [0.3, 0.4) is 0 Å². The van der Waals surface area contributed by atoms with Crippen molar-refractivity contribution in [1.82, 2.24) is 25.1 Å². The van der Waals surface area contributed by atoms with Crippen LogP contribution in [0.4, 0.5) is 0 Å². The first-order chi connectivity index (χ1) is 10.9. The Balaban J connectivity index is 2.00. The SMILES string of the molecule is Cc1cc(-c2nccnc2[C@@H]2CCCN2C(=O)C(C)(C)C)n[nH]1. The van der Waals surface area contributed by atoms with Crippen molar-refractivity contribution < 1.29 is 4.79 Å². The third-order valence-corrected chi connectivity index (χ3v) is 4.15. The second kappa shape index (κ2) is 5.76. The average molecular weight is 313 g/mol. The van der Waals surface area contributed by atoms with Crippen LogP contribution in [0.2, 0.25) is 0 Å². The third kappa shape index (κ3) is 2.98. The number of aryl methyl sites for hydroxylation is 1. The van der Waals surface area contributed by atoms with Gasteiger partial charge in [-0.3, -0.25) is 19.9 Å². The Hall–Kier alpha value is -2.24. The average Bonchev–Trinajstić information content (AvgIpc) is 3.14. The van der Waals surface area contributed by atoms with Crippen LogP contribution in [0.15, 0.2) is 18.5 Å². The summed E-state index contributed by atoms with van der Waals surface area (Å²) in [6.45, 7) is 8.60. The number of carbonyl (C=O) groups excluding carboxylic acids is 1. The smallest absolute Gasteiger partial charge is 0.228 e. The highest BCUT2D eigenvalue weighted by Crippen LogP contribution is 2.37. The minimum atomic E-state index is -0.395. The largest absolute Gasteiger partial charge is 0.334 e. The van der Waals surface area contributed by atoms with Crippen LogP contribution in [0.25, 0.3) is 11.4 Å². The first kappa shape index (κ1) is 15.6. The quantitative estimate of drug-likeness (QED) is 0.925. The lowest BCUT2D eigenvalue weighted by atomic mass is 9.94. The molecule has 3 heterocycles. The number of hydrogen-bond donors (Lipinski definition) is 1. The summed E-state index contributed by atoms with van der Waals surface area (Å²) in [5.41, 5.74) is 2.96. The minimum absolute atomic E-state index is 0.0255. The van der Waals surface area contributed by atoms with Crippen molar-refractivity contribution in [3.05, 3.63) is 29.8 Å². The van der Waals surface area contributed by atoms with E-state index in [1.54, 1.807) is 12.4 Å². The Labute approximate surface area is 136 Å². The van der Waals surface area contributed by atoms with Crippen LogP contribution < -0.4 is 0 Å². The fraction of sp³-hybridized carbons (Fsp3) is 0.529. The number of aromatic amines is 1. The highest BCUT2D eigenvalue weighted by Gasteiger charge is 2.37. The molecule has 1 aliphatic rings. The molecule has 1 aliphatic heterocycles. The highest BCUT2D eigenvalue weighted by atomic mass is 16.2. The molecule has 0 spiro atoms.